The van der Waals surface area contributed by atoms with Gasteiger partial charge in [-0.15, -0.1) is 0 Å². The summed E-state index contributed by atoms with van der Waals surface area (Å²) < 4.78 is 0. The topological polar surface area (TPSA) is 17.1 Å². The van der Waals surface area contributed by atoms with Gasteiger partial charge < -0.3 is 0 Å². The van der Waals surface area contributed by atoms with Gasteiger partial charge in [-0.3, -0.25) is 4.79 Å². The van der Waals surface area contributed by atoms with Crippen LogP contribution in [-0.4, -0.2) is 5.78 Å². The van der Waals surface area contributed by atoms with Crippen LogP contribution < -0.4 is 0 Å². The Morgan fingerprint density at radius 2 is 1.85 bits per heavy atom. The predicted molar refractivity (Wildman–Crippen MR) is 57.8 cm³/mol. The molecule has 1 heteroatoms. The van der Waals surface area contributed by atoms with Crippen molar-refractivity contribution in [2.24, 2.45) is 0 Å². The van der Waals surface area contributed by atoms with Crippen LogP contribution in [0.25, 0.3) is 0 Å². The number of carbonyl (C=O) groups is 1. The van der Waals surface area contributed by atoms with Gasteiger partial charge >= 0.3 is 0 Å². The van der Waals surface area contributed by atoms with Crippen LogP contribution in [0.5, 0.6) is 0 Å². The first-order chi connectivity index (χ1) is 6.31. The van der Waals surface area contributed by atoms with Crippen LogP contribution in [0.1, 0.15) is 58.8 Å². The molecule has 76 valence electrons. The number of carbonyl (C=O) groups excluding carboxylic acids is 1. The monoisotopic (exact) mass is 182 g/mol. The van der Waals surface area contributed by atoms with Gasteiger partial charge in [-0.05, 0) is 18.9 Å². The fourth-order valence-electron chi connectivity index (χ4n) is 1.19. The second-order valence-corrected chi connectivity index (χ2v) is 3.47. The second kappa shape index (κ2) is 9.50. The molecule has 0 aromatic heterocycles. The van der Waals surface area contributed by atoms with E-state index in [4.69, 9.17) is 0 Å². The van der Waals surface area contributed by atoms with Gasteiger partial charge in [0.2, 0.25) is 0 Å². The standard InChI is InChI=1S/C12H22O/c1-3-5-7-9-11-12(13)10-8-6-4-2/h8,10H,3-7,9,11H2,1-2H3/b10-8+. The van der Waals surface area contributed by atoms with Crippen LogP contribution in [0.2, 0.25) is 0 Å². The minimum Gasteiger partial charge on any atom is -0.295 e. The molecule has 0 amide bonds. The molecule has 0 saturated carbocycles. The molecule has 0 spiro atoms. The third-order valence-corrected chi connectivity index (χ3v) is 2.04. The first kappa shape index (κ1) is 12.4. The summed E-state index contributed by atoms with van der Waals surface area (Å²) in [6, 6.07) is 0. The summed E-state index contributed by atoms with van der Waals surface area (Å²) in [5.74, 6) is 0.296. The highest BCUT2D eigenvalue weighted by Gasteiger charge is 1.95. The van der Waals surface area contributed by atoms with E-state index >= 15 is 0 Å². The number of allylic oxidation sites excluding steroid dienone is 2. The van der Waals surface area contributed by atoms with Crippen molar-refractivity contribution in [3.63, 3.8) is 0 Å². The van der Waals surface area contributed by atoms with Crippen molar-refractivity contribution in [3.8, 4) is 0 Å². The van der Waals surface area contributed by atoms with E-state index in [-0.39, 0.29) is 0 Å². The number of ketones is 1. The molecule has 1 nitrogen and oxygen atoms in total. The summed E-state index contributed by atoms with van der Waals surface area (Å²) in [5, 5.41) is 0. The Kier molecular flexibility index (Phi) is 9.07. The zero-order valence-corrected chi connectivity index (χ0v) is 9.01. The van der Waals surface area contributed by atoms with Crippen LogP contribution in [0.4, 0.5) is 0 Å². The highest BCUT2D eigenvalue weighted by molar-refractivity contribution is 5.89. The van der Waals surface area contributed by atoms with E-state index in [1.54, 1.807) is 6.08 Å². The Balaban J connectivity index is 3.29. The first-order valence-electron chi connectivity index (χ1n) is 5.50. The number of unbranched alkanes of at least 4 members (excludes halogenated alkanes) is 4. The van der Waals surface area contributed by atoms with Gasteiger partial charge in [0.05, 0.1) is 0 Å². The molecule has 0 aromatic rings. The minimum atomic E-state index is 0.296. The summed E-state index contributed by atoms with van der Waals surface area (Å²) >= 11 is 0. The summed E-state index contributed by atoms with van der Waals surface area (Å²) in [7, 11) is 0. The van der Waals surface area contributed by atoms with Gasteiger partial charge in [0.1, 0.15) is 0 Å². The van der Waals surface area contributed by atoms with Crippen LogP contribution in [0.15, 0.2) is 12.2 Å². The Morgan fingerprint density at radius 3 is 2.46 bits per heavy atom. The largest absolute Gasteiger partial charge is 0.295 e. The Bertz CT molecular complexity index is 147. The maximum atomic E-state index is 11.2. The molecular weight excluding hydrogens is 160 g/mol. The van der Waals surface area contributed by atoms with Crippen molar-refractivity contribution < 1.29 is 4.79 Å². The van der Waals surface area contributed by atoms with Gasteiger partial charge in [0.25, 0.3) is 0 Å². The van der Waals surface area contributed by atoms with Gasteiger partial charge in [-0.25, -0.2) is 0 Å². The maximum absolute atomic E-state index is 11.2. The highest BCUT2D eigenvalue weighted by atomic mass is 16.1. The third-order valence-electron chi connectivity index (χ3n) is 2.04. The van der Waals surface area contributed by atoms with Crippen molar-refractivity contribution >= 4 is 5.78 Å². The van der Waals surface area contributed by atoms with Crippen LogP contribution >= 0.6 is 0 Å². The van der Waals surface area contributed by atoms with E-state index < -0.39 is 0 Å². The van der Waals surface area contributed by atoms with E-state index in [1.807, 2.05) is 6.08 Å². The Labute approximate surface area is 82.2 Å². The van der Waals surface area contributed by atoms with Crippen LogP contribution in [0, 0.1) is 0 Å². The Hall–Kier alpha value is -0.590. The second-order valence-electron chi connectivity index (χ2n) is 3.47. The highest BCUT2D eigenvalue weighted by Crippen LogP contribution is 2.03. The molecule has 0 fully saturated rings. The quantitative estimate of drug-likeness (QED) is 0.411. The first-order valence-corrected chi connectivity index (χ1v) is 5.50. The van der Waals surface area contributed by atoms with Crippen LogP contribution in [-0.2, 0) is 4.79 Å². The lowest BCUT2D eigenvalue weighted by atomic mass is 10.1. The van der Waals surface area contributed by atoms with Gasteiger partial charge in [-0.1, -0.05) is 45.6 Å². The van der Waals surface area contributed by atoms with Crippen molar-refractivity contribution in [1.82, 2.24) is 0 Å². The smallest absolute Gasteiger partial charge is 0.155 e. The molecule has 0 aliphatic heterocycles. The molecule has 0 atom stereocenters. The number of hydrogen-bond acceptors (Lipinski definition) is 1. The zero-order chi connectivity index (χ0) is 9.94. The summed E-state index contributed by atoms with van der Waals surface area (Å²) in [6.07, 6.45) is 11.4. The molecule has 13 heavy (non-hydrogen) atoms. The van der Waals surface area contributed by atoms with Crippen molar-refractivity contribution in [2.45, 2.75) is 58.8 Å². The average molecular weight is 182 g/mol. The summed E-state index contributed by atoms with van der Waals surface area (Å²) in [6.45, 7) is 4.30. The van der Waals surface area contributed by atoms with E-state index in [0.717, 1.165) is 25.7 Å². The lowest BCUT2D eigenvalue weighted by Crippen LogP contribution is -1.91. The van der Waals surface area contributed by atoms with Crippen LogP contribution in [0.3, 0.4) is 0 Å². The van der Waals surface area contributed by atoms with E-state index in [9.17, 15) is 4.79 Å². The normalized spacial score (nSPS) is 10.9. The molecule has 0 saturated heterocycles. The molecule has 0 aliphatic carbocycles. The SMILES string of the molecule is CCC/C=C/C(=O)CCCCCC. The molecule has 0 N–H and O–H groups in total. The fraction of sp³-hybridized carbons (Fsp3) is 0.750. The maximum Gasteiger partial charge on any atom is 0.155 e. The average Bonchev–Trinajstić information content (AvgIpc) is 2.13. The van der Waals surface area contributed by atoms with Gasteiger partial charge in [-0.2, -0.15) is 0 Å². The molecule has 0 heterocycles. The molecular formula is C12H22O. The minimum absolute atomic E-state index is 0.296. The number of hydrogen-bond donors (Lipinski definition) is 0. The summed E-state index contributed by atoms with van der Waals surface area (Å²) in [5.41, 5.74) is 0. The van der Waals surface area contributed by atoms with E-state index in [0.29, 0.717) is 5.78 Å². The summed E-state index contributed by atoms with van der Waals surface area (Å²) in [4.78, 5) is 11.2. The molecule has 0 aromatic carbocycles. The Morgan fingerprint density at radius 1 is 1.08 bits per heavy atom. The molecule has 0 radical (unpaired) electrons. The zero-order valence-electron chi connectivity index (χ0n) is 9.01. The third kappa shape index (κ3) is 9.32. The van der Waals surface area contributed by atoms with Gasteiger partial charge in [0.15, 0.2) is 5.78 Å². The fourth-order valence-corrected chi connectivity index (χ4v) is 1.19. The van der Waals surface area contributed by atoms with Crippen molar-refractivity contribution in [3.05, 3.63) is 12.2 Å². The molecule has 0 rings (SSSR count). The molecule has 0 unspecified atom stereocenters. The lowest BCUT2D eigenvalue weighted by molar-refractivity contribution is -0.114. The van der Waals surface area contributed by atoms with E-state index in [1.165, 1.54) is 19.3 Å². The van der Waals surface area contributed by atoms with Gasteiger partial charge in [0, 0.05) is 6.42 Å². The molecule has 0 bridgehead atoms. The van der Waals surface area contributed by atoms with Crippen molar-refractivity contribution in [1.29, 1.82) is 0 Å². The lowest BCUT2D eigenvalue weighted by Gasteiger charge is -1.95. The predicted octanol–water partition coefficient (Wildman–Crippen LogP) is 3.88. The van der Waals surface area contributed by atoms with E-state index in [2.05, 4.69) is 13.8 Å². The number of rotatable bonds is 8. The van der Waals surface area contributed by atoms with Crippen molar-refractivity contribution in [2.75, 3.05) is 0 Å². The molecule has 0 aliphatic rings.